The van der Waals surface area contributed by atoms with Crippen molar-refractivity contribution in [3.63, 3.8) is 0 Å². The molecule has 0 bridgehead atoms. The Morgan fingerprint density at radius 1 is 1.33 bits per heavy atom. The smallest absolute Gasteiger partial charge is 0.314 e. The third-order valence-corrected chi connectivity index (χ3v) is 3.54. The summed E-state index contributed by atoms with van der Waals surface area (Å²) < 4.78 is 39.2. The van der Waals surface area contributed by atoms with Gasteiger partial charge in [-0.25, -0.2) is 0 Å². The minimum Gasteiger partial charge on any atom is -0.314 e. The van der Waals surface area contributed by atoms with Crippen molar-refractivity contribution in [2.45, 2.75) is 39.1 Å². The van der Waals surface area contributed by atoms with Crippen molar-refractivity contribution >= 4 is 0 Å². The van der Waals surface area contributed by atoms with Gasteiger partial charge in [-0.1, -0.05) is 6.92 Å². The van der Waals surface area contributed by atoms with Crippen LogP contribution in [0.4, 0.5) is 13.2 Å². The summed E-state index contributed by atoms with van der Waals surface area (Å²) in [6, 6.07) is 0.489. The van der Waals surface area contributed by atoms with E-state index in [0.29, 0.717) is 18.5 Å². The lowest BCUT2D eigenvalue weighted by Crippen LogP contribution is -2.43. The fourth-order valence-electron chi connectivity index (χ4n) is 2.46. The van der Waals surface area contributed by atoms with Crippen LogP contribution in [0.25, 0.3) is 0 Å². The molecule has 1 fully saturated rings. The van der Waals surface area contributed by atoms with Crippen molar-refractivity contribution in [2.75, 3.05) is 32.8 Å². The van der Waals surface area contributed by atoms with Crippen LogP contribution in [0.5, 0.6) is 0 Å². The van der Waals surface area contributed by atoms with E-state index in [-0.39, 0.29) is 6.61 Å². The van der Waals surface area contributed by atoms with E-state index in [9.17, 15) is 13.2 Å². The molecular formula is C12H23F3N2O. The summed E-state index contributed by atoms with van der Waals surface area (Å²) in [5.41, 5.74) is 0. The van der Waals surface area contributed by atoms with Crippen LogP contribution in [0, 0.1) is 5.92 Å². The number of nitrogens with zero attached hydrogens (tertiary/aromatic N) is 1. The highest BCUT2D eigenvalue weighted by atomic mass is 19.4. The highest BCUT2D eigenvalue weighted by Crippen LogP contribution is 2.21. The van der Waals surface area contributed by atoms with Crippen molar-refractivity contribution in [1.29, 1.82) is 0 Å². The summed E-state index contributed by atoms with van der Waals surface area (Å²) in [6.07, 6.45) is -2.42. The molecule has 0 spiro atoms. The highest BCUT2D eigenvalue weighted by Gasteiger charge is 2.29. The zero-order valence-electron chi connectivity index (χ0n) is 11.1. The maximum atomic E-state index is 11.8. The molecule has 0 aromatic carbocycles. The van der Waals surface area contributed by atoms with Crippen molar-refractivity contribution in [3.8, 4) is 0 Å². The summed E-state index contributed by atoms with van der Waals surface area (Å²) in [5, 5.41) is 3.40. The Morgan fingerprint density at radius 3 is 2.44 bits per heavy atom. The van der Waals surface area contributed by atoms with Gasteiger partial charge in [0.2, 0.25) is 0 Å². The van der Waals surface area contributed by atoms with Gasteiger partial charge < -0.3 is 10.2 Å². The van der Waals surface area contributed by atoms with Gasteiger partial charge in [-0.2, -0.15) is 0 Å². The zero-order valence-corrected chi connectivity index (χ0v) is 11.1. The molecule has 18 heavy (non-hydrogen) atoms. The molecule has 1 atom stereocenters. The molecule has 1 unspecified atom stereocenters. The summed E-state index contributed by atoms with van der Waals surface area (Å²) in [6.45, 7) is 7.04. The summed E-state index contributed by atoms with van der Waals surface area (Å²) >= 11 is 0. The van der Waals surface area contributed by atoms with Crippen LogP contribution in [-0.2, 0) is 4.74 Å². The average Bonchev–Trinajstić information content (AvgIpc) is 2.28. The van der Waals surface area contributed by atoms with Gasteiger partial charge in [0.15, 0.2) is 0 Å². The van der Waals surface area contributed by atoms with Gasteiger partial charge in [0.05, 0.1) is 6.61 Å². The second-order valence-electron chi connectivity index (χ2n) is 4.82. The molecule has 1 N–H and O–H groups in total. The molecule has 0 aromatic rings. The summed E-state index contributed by atoms with van der Waals surface area (Å²) in [4.78, 5) is 2.04. The monoisotopic (exact) mass is 268 g/mol. The molecule has 1 rings (SSSR count). The molecule has 0 aromatic heterocycles. The van der Waals surface area contributed by atoms with Crippen molar-refractivity contribution in [2.24, 2.45) is 5.92 Å². The van der Waals surface area contributed by atoms with Crippen LogP contribution in [0.2, 0.25) is 0 Å². The Hall–Kier alpha value is -0.330. The minimum absolute atomic E-state index is 0.267. The van der Waals surface area contributed by atoms with E-state index >= 15 is 0 Å². The Morgan fingerprint density at radius 2 is 1.94 bits per heavy atom. The first-order valence-electron chi connectivity index (χ1n) is 6.58. The van der Waals surface area contributed by atoms with Crippen LogP contribution >= 0.6 is 0 Å². The number of ether oxygens (including phenoxy) is 1. The van der Waals surface area contributed by atoms with Crippen LogP contribution < -0.4 is 5.32 Å². The van der Waals surface area contributed by atoms with E-state index < -0.39 is 6.36 Å². The predicted octanol–water partition coefficient (Wildman–Crippen LogP) is 2.23. The molecule has 1 heterocycles. The van der Waals surface area contributed by atoms with Crippen LogP contribution in [0.1, 0.15) is 26.7 Å². The number of nitrogens with one attached hydrogen (secondary N) is 1. The number of piperidine rings is 1. The van der Waals surface area contributed by atoms with Gasteiger partial charge in [0.25, 0.3) is 0 Å². The number of alkyl halides is 3. The predicted molar refractivity (Wildman–Crippen MR) is 64.3 cm³/mol. The van der Waals surface area contributed by atoms with Gasteiger partial charge in [-0.15, -0.1) is 13.2 Å². The number of hydrogen-bond donors (Lipinski definition) is 1. The molecule has 0 amide bonds. The minimum atomic E-state index is -4.50. The number of hydrogen-bond acceptors (Lipinski definition) is 3. The van der Waals surface area contributed by atoms with Gasteiger partial charge in [0.1, 0.15) is 0 Å². The first-order valence-corrected chi connectivity index (χ1v) is 6.58. The lowest BCUT2D eigenvalue weighted by Gasteiger charge is -2.35. The molecule has 108 valence electrons. The molecule has 6 heteroatoms. The molecule has 3 nitrogen and oxygen atoms in total. The Balaban J connectivity index is 2.15. The van der Waals surface area contributed by atoms with Gasteiger partial charge >= 0.3 is 6.36 Å². The normalized spacial score (nSPS) is 21.2. The fraction of sp³-hybridized carbons (Fsp3) is 1.00. The van der Waals surface area contributed by atoms with Crippen molar-refractivity contribution in [1.82, 2.24) is 10.2 Å². The third-order valence-electron chi connectivity index (χ3n) is 3.54. The highest BCUT2D eigenvalue weighted by molar-refractivity contribution is 4.79. The van der Waals surface area contributed by atoms with Crippen LogP contribution in [-0.4, -0.2) is 50.1 Å². The lowest BCUT2D eigenvalue weighted by molar-refractivity contribution is -0.325. The van der Waals surface area contributed by atoms with Crippen LogP contribution in [0.15, 0.2) is 0 Å². The second kappa shape index (κ2) is 7.31. The molecule has 0 saturated carbocycles. The van der Waals surface area contributed by atoms with Crippen LogP contribution in [0.3, 0.4) is 0 Å². The zero-order chi connectivity index (χ0) is 13.6. The van der Waals surface area contributed by atoms with E-state index in [1.54, 1.807) is 0 Å². The molecule has 1 aliphatic heterocycles. The maximum Gasteiger partial charge on any atom is 0.522 e. The number of likely N-dealkylation sites (tertiary alicyclic amines) is 1. The fourth-order valence-corrected chi connectivity index (χ4v) is 2.46. The van der Waals surface area contributed by atoms with Gasteiger partial charge in [0, 0.05) is 12.6 Å². The SMILES string of the molecule is CCNC(C)C1CCN(CCOC(F)(F)F)CC1. The molecular weight excluding hydrogens is 245 g/mol. The topological polar surface area (TPSA) is 24.5 Å². The largest absolute Gasteiger partial charge is 0.522 e. The quantitative estimate of drug-likeness (QED) is 0.799. The molecule has 1 saturated heterocycles. The van der Waals surface area contributed by atoms with E-state index in [4.69, 9.17) is 0 Å². The van der Waals surface area contributed by atoms with E-state index in [1.165, 1.54) is 0 Å². The standard InChI is InChI=1S/C12H23F3N2O/c1-3-16-10(2)11-4-6-17(7-5-11)8-9-18-12(13,14)15/h10-11,16H,3-9H2,1-2H3. The third kappa shape index (κ3) is 6.02. The Bertz CT molecular complexity index is 228. The van der Waals surface area contributed by atoms with Crippen molar-refractivity contribution in [3.05, 3.63) is 0 Å². The first kappa shape index (κ1) is 15.7. The summed E-state index contributed by atoms with van der Waals surface area (Å²) in [7, 11) is 0. The second-order valence-corrected chi connectivity index (χ2v) is 4.82. The number of rotatable bonds is 6. The Kier molecular flexibility index (Phi) is 6.38. The van der Waals surface area contributed by atoms with E-state index in [1.807, 2.05) is 4.90 Å². The number of halogens is 3. The molecule has 1 aliphatic rings. The lowest BCUT2D eigenvalue weighted by atomic mass is 9.90. The average molecular weight is 268 g/mol. The van der Waals surface area contributed by atoms with E-state index in [0.717, 1.165) is 32.5 Å². The molecule has 0 aliphatic carbocycles. The summed E-state index contributed by atoms with van der Waals surface area (Å²) in [5.74, 6) is 0.629. The maximum absolute atomic E-state index is 11.8. The first-order chi connectivity index (χ1) is 8.42. The van der Waals surface area contributed by atoms with Gasteiger partial charge in [-0.05, 0) is 45.3 Å². The van der Waals surface area contributed by atoms with Gasteiger partial charge in [-0.3, -0.25) is 4.74 Å². The Labute approximate surface area is 107 Å². The van der Waals surface area contributed by atoms with Crippen molar-refractivity contribution < 1.29 is 17.9 Å². The molecule has 0 radical (unpaired) electrons. The van der Waals surface area contributed by atoms with E-state index in [2.05, 4.69) is 23.9 Å².